The van der Waals surface area contributed by atoms with Crippen molar-refractivity contribution < 1.29 is 19.1 Å². The lowest BCUT2D eigenvalue weighted by atomic mass is 9.81. The Morgan fingerprint density at radius 1 is 1.25 bits per heavy atom. The fraction of sp³-hybridized carbons (Fsp3) is 0.625. The van der Waals surface area contributed by atoms with Crippen LogP contribution in [0.2, 0.25) is 0 Å². The van der Waals surface area contributed by atoms with Gasteiger partial charge in [-0.2, -0.15) is 0 Å². The van der Waals surface area contributed by atoms with Gasteiger partial charge in [-0.25, -0.2) is 0 Å². The maximum Gasteiger partial charge on any atom is 0.324 e. The van der Waals surface area contributed by atoms with Crippen LogP contribution < -0.4 is 0 Å². The molecule has 4 heteroatoms. The Kier molecular flexibility index (Phi) is 6.30. The van der Waals surface area contributed by atoms with E-state index < -0.39 is 17.4 Å². The van der Waals surface area contributed by atoms with Crippen molar-refractivity contribution in [1.82, 2.24) is 0 Å². The smallest absolute Gasteiger partial charge is 0.324 e. The van der Waals surface area contributed by atoms with Crippen molar-refractivity contribution in [2.45, 2.75) is 39.5 Å². The number of terminal acetylenes is 1. The van der Waals surface area contributed by atoms with E-state index in [1.54, 1.807) is 13.8 Å². The fourth-order valence-corrected chi connectivity index (χ4v) is 1.93. The number of allylic oxidation sites excluding steroid dienone is 2. The highest BCUT2D eigenvalue weighted by Crippen LogP contribution is 2.34. The number of carbonyl (C=O) groups is 2. The van der Waals surface area contributed by atoms with Gasteiger partial charge in [0.05, 0.1) is 13.2 Å². The van der Waals surface area contributed by atoms with Crippen molar-refractivity contribution in [1.29, 1.82) is 0 Å². The monoisotopic (exact) mass is 278 g/mol. The van der Waals surface area contributed by atoms with E-state index in [1.807, 2.05) is 12.2 Å². The molecule has 0 atom stereocenters. The molecule has 1 aliphatic carbocycles. The molecule has 0 aromatic rings. The second kappa shape index (κ2) is 7.74. The molecule has 4 nitrogen and oxygen atoms in total. The third-order valence-electron chi connectivity index (χ3n) is 3.23. The first-order valence-corrected chi connectivity index (χ1v) is 7.05. The van der Waals surface area contributed by atoms with Gasteiger partial charge < -0.3 is 9.47 Å². The molecule has 0 N–H and O–H groups in total. The molecule has 0 aromatic carbocycles. The van der Waals surface area contributed by atoms with Gasteiger partial charge in [0.1, 0.15) is 0 Å². The summed E-state index contributed by atoms with van der Waals surface area (Å²) in [6.45, 7) is 3.81. The van der Waals surface area contributed by atoms with Crippen molar-refractivity contribution in [2.24, 2.45) is 11.3 Å². The molecule has 0 aromatic heterocycles. The molecule has 0 heterocycles. The first-order valence-electron chi connectivity index (χ1n) is 7.05. The molecule has 0 aliphatic heterocycles. The van der Waals surface area contributed by atoms with Crippen LogP contribution in [0.1, 0.15) is 39.5 Å². The molecular weight excluding hydrogens is 256 g/mol. The standard InChI is InChI=1S/C16H22O4/c1-4-11-16(14(17)19-5-2,15(18)20-6-3)12-7-8-13-9-10-13/h1,7-8,13H,5-6,9-12H2,2-3H3/b8-7+. The third kappa shape index (κ3) is 4.12. The molecule has 110 valence electrons. The predicted molar refractivity (Wildman–Crippen MR) is 75.6 cm³/mol. The molecular formula is C16H22O4. The maximum absolute atomic E-state index is 12.2. The van der Waals surface area contributed by atoms with Crippen LogP contribution in [-0.4, -0.2) is 25.2 Å². The van der Waals surface area contributed by atoms with Gasteiger partial charge >= 0.3 is 11.9 Å². The van der Waals surface area contributed by atoms with Crippen molar-refractivity contribution in [2.75, 3.05) is 13.2 Å². The number of ether oxygens (including phenoxy) is 2. The highest BCUT2D eigenvalue weighted by Gasteiger charge is 2.47. The van der Waals surface area contributed by atoms with Crippen LogP contribution in [0.3, 0.4) is 0 Å². The van der Waals surface area contributed by atoms with Crippen LogP contribution >= 0.6 is 0 Å². The molecule has 0 spiro atoms. The number of carbonyl (C=O) groups excluding carboxylic acids is 2. The van der Waals surface area contributed by atoms with E-state index in [0.29, 0.717) is 5.92 Å². The van der Waals surface area contributed by atoms with E-state index in [0.717, 1.165) is 12.8 Å². The summed E-state index contributed by atoms with van der Waals surface area (Å²) in [4.78, 5) is 24.4. The van der Waals surface area contributed by atoms with Crippen LogP contribution in [-0.2, 0) is 19.1 Å². The molecule has 0 saturated heterocycles. The van der Waals surface area contributed by atoms with Crippen molar-refractivity contribution >= 4 is 11.9 Å². The summed E-state index contributed by atoms with van der Waals surface area (Å²) < 4.78 is 10.1. The molecule has 1 fully saturated rings. The average Bonchev–Trinajstić information content (AvgIpc) is 3.22. The first kappa shape index (κ1) is 16.3. The fourth-order valence-electron chi connectivity index (χ4n) is 1.93. The summed E-state index contributed by atoms with van der Waals surface area (Å²) in [5.41, 5.74) is -1.41. The second-order valence-electron chi connectivity index (χ2n) is 4.87. The zero-order valence-electron chi connectivity index (χ0n) is 12.2. The van der Waals surface area contributed by atoms with E-state index >= 15 is 0 Å². The van der Waals surface area contributed by atoms with E-state index in [-0.39, 0.29) is 26.1 Å². The van der Waals surface area contributed by atoms with E-state index in [1.165, 1.54) is 0 Å². The Morgan fingerprint density at radius 2 is 1.80 bits per heavy atom. The summed E-state index contributed by atoms with van der Waals surface area (Å²) in [6, 6.07) is 0. The van der Waals surface area contributed by atoms with Gasteiger partial charge in [-0.15, -0.1) is 12.3 Å². The minimum Gasteiger partial charge on any atom is -0.465 e. The molecule has 20 heavy (non-hydrogen) atoms. The summed E-state index contributed by atoms with van der Waals surface area (Å²) >= 11 is 0. The topological polar surface area (TPSA) is 52.6 Å². The Labute approximate surface area is 120 Å². The summed E-state index contributed by atoms with van der Waals surface area (Å²) in [5, 5.41) is 0. The van der Waals surface area contributed by atoms with Gasteiger partial charge in [0, 0.05) is 6.42 Å². The zero-order valence-corrected chi connectivity index (χ0v) is 12.2. The Hall–Kier alpha value is -1.76. The van der Waals surface area contributed by atoms with Crippen molar-refractivity contribution in [3.63, 3.8) is 0 Å². The molecule has 0 radical (unpaired) electrons. The van der Waals surface area contributed by atoms with E-state index in [4.69, 9.17) is 15.9 Å². The summed E-state index contributed by atoms with van der Waals surface area (Å²) in [7, 11) is 0. The normalized spacial score (nSPS) is 14.8. The van der Waals surface area contributed by atoms with Crippen molar-refractivity contribution in [3.05, 3.63) is 12.2 Å². The van der Waals surface area contributed by atoms with Crippen LogP contribution in [0.15, 0.2) is 12.2 Å². The van der Waals surface area contributed by atoms with E-state index in [2.05, 4.69) is 5.92 Å². The summed E-state index contributed by atoms with van der Waals surface area (Å²) in [6.07, 6.45) is 11.8. The Bertz CT molecular complexity index is 395. The summed E-state index contributed by atoms with van der Waals surface area (Å²) in [5.74, 6) is 1.78. The highest BCUT2D eigenvalue weighted by atomic mass is 16.6. The first-order chi connectivity index (χ1) is 9.60. The van der Waals surface area contributed by atoms with E-state index in [9.17, 15) is 9.59 Å². The zero-order chi connectivity index (χ0) is 15.0. The molecule has 0 bridgehead atoms. The highest BCUT2D eigenvalue weighted by molar-refractivity contribution is 6.00. The van der Waals surface area contributed by atoms with Gasteiger partial charge in [-0.1, -0.05) is 12.2 Å². The molecule has 0 unspecified atom stereocenters. The van der Waals surface area contributed by atoms with Gasteiger partial charge in [0.25, 0.3) is 0 Å². The number of hydrogen-bond donors (Lipinski definition) is 0. The lowest BCUT2D eigenvalue weighted by Crippen LogP contribution is -2.41. The largest absolute Gasteiger partial charge is 0.465 e. The van der Waals surface area contributed by atoms with Gasteiger partial charge in [-0.3, -0.25) is 9.59 Å². The Morgan fingerprint density at radius 3 is 2.20 bits per heavy atom. The Balaban J connectivity index is 2.93. The lowest BCUT2D eigenvalue weighted by Gasteiger charge is -2.26. The quantitative estimate of drug-likeness (QED) is 0.296. The van der Waals surface area contributed by atoms with Gasteiger partial charge in [0.15, 0.2) is 5.41 Å². The number of rotatable bonds is 8. The minimum absolute atomic E-state index is 0.0142. The molecule has 1 saturated carbocycles. The maximum atomic E-state index is 12.2. The van der Waals surface area contributed by atoms with Crippen LogP contribution in [0.4, 0.5) is 0 Å². The number of esters is 2. The minimum atomic E-state index is -1.41. The van der Waals surface area contributed by atoms with Gasteiger partial charge in [0.2, 0.25) is 0 Å². The van der Waals surface area contributed by atoms with Crippen LogP contribution in [0.5, 0.6) is 0 Å². The molecule has 1 rings (SSSR count). The van der Waals surface area contributed by atoms with Crippen LogP contribution in [0.25, 0.3) is 0 Å². The molecule has 0 amide bonds. The predicted octanol–water partition coefficient (Wildman–Crippen LogP) is 2.48. The lowest BCUT2D eigenvalue weighted by molar-refractivity contribution is -0.171. The van der Waals surface area contributed by atoms with Gasteiger partial charge in [-0.05, 0) is 39.0 Å². The van der Waals surface area contributed by atoms with Crippen molar-refractivity contribution in [3.8, 4) is 12.3 Å². The van der Waals surface area contributed by atoms with Crippen LogP contribution in [0, 0.1) is 23.7 Å². The SMILES string of the molecule is C#CCC(C/C=C/C1CC1)(C(=O)OCC)C(=O)OCC. The number of hydrogen-bond acceptors (Lipinski definition) is 4. The second-order valence-corrected chi connectivity index (χ2v) is 4.87. The average molecular weight is 278 g/mol. The third-order valence-corrected chi connectivity index (χ3v) is 3.23. The molecule has 1 aliphatic rings.